The molecule has 1 aromatic heterocycles. The highest BCUT2D eigenvalue weighted by Gasteiger charge is 2.30. The summed E-state index contributed by atoms with van der Waals surface area (Å²) in [5.74, 6) is -0.951. The molecule has 0 radical (unpaired) electrons. The first kappa shape index (κ1) is 26.0. The second-order valence-electron chi connectivity index (χ2n) is 9.07. The third-order valence-electron chi connectivity index (χ3n) is 6.65. The molecule has 0 aliphatic carbocycles. The van der Waals surface area contributed by atoms with Crippen molar-refractivity contribution in [2.75, 3.05) is 26.4 Å². The molecule has 1 aromatic carbocycles. The highest BCUT2D eigenvalue weighted by atomic mass is 32.2. The van der Waals surface area contributed by atoms with Crippen molar-refractivity contribution in [1.82, 2.24) is 13.8 Å². The molecule has 1 atom stereocenters. The molecule has 0 saturated carbocycles. The zero-order chi connectivity index (χ0) is 25.0. The number of hydrogen-bond donors (Lipinski definition) is 0. The van der Waals surface area contributed by atoms with E-state index in [4.69, 9.17) is 0 Å². The van der Waals surface area contributed by atoms with Crippen molar-refractivity contribution < 1.29 is 18.0 Å². The summed E-state index contributed by atoms with van der Waals surface area (Å²) in [4.78, 5) is 38.3. The molecule has 0 bridgehead atoms. The first-order valence-corrected chi connectivity index (χ1v) is 13.7. The van der Waals surface area contributed by atoms with Crippen molar-refractivity contribution in [3.05, 3.63) is 39.9 Å². The molecule has 0 spiro atoms. The fraction of sp³-hybridized carbons (Fsp3) is 0.583. The van der Waals surface area contributed by atoms with E-state index in [9.17, 15) is 22.9 Å². The molecular formula is C24H34N4O5S. The van der Waals surface area contributed by atoms with Gasteiger partial charge in [0.1, 0.15) is 0 Å². The first-order valence-electron chi connectivity index (χ1n) is 11.8. The minimum absolute atomic E-state index is 0.00291. The maximum absolute atomic E-state index is 13.0. The molecule has 0 N–H and O–H groups in total. The second-order valence-corrected chi connectivity index (χ2v) is 10.9. The van der Waals surface area contributed by atoms with Crippen LogP contribution in [0.3, 0.4) is 0 Å². The Morgan fingerprint density at radius 1 is 1.24 bits per heavy atom. The number of fused-ring (bicyclic) bond motifs is 3. The monoisotopic (exact) mass is 490 g/mol. The summed E-state index contributed by atoms with van der Waals surface area (Å²) in [7, 11) is -1.88. The lowest BCUT2D eigenvalue weighted by Gasteiger charge is -2.34. The van der Waals surface area contributed by atoms with E-state index < -0.39 is 15.9 Å². The van der Waals surface area contributed by atoms with E-state index in [1.807, 2.05) is 0 Å². The van der Waals surface area contributed by atoms with Crippen molar-refractivity contribution in [3.8, 4) is 0 Å². The van der Waals surface area contributed by atoms with E-state index in [-0.39, 0.29) is 12.3 Å². The quantitative estimate of drug-likeness (QED) is 0.471. The smallest absolute Gasteiger partial charge is 0.286 e. The zero-order valence-corrected chi connectivity index (χ0v) is 21.2. The number of nitrogens with zero attached hydrogens (tertiary/aromatic N) is 4. The Hall–Kier alpha value is -2.59. The highest BCUT2D eigenvalue weighted by Crippen LogP contribution is 2.34. The molecule has 2 aromatic rings. The molecule has 9 nitrogen and oxygen atoms in total. The number of carbonyl (C=O) groups excluding carboxylic acids is 2. The van der Waals surface area contributed by atoms with Crippen LogP contribution in [0.4, 0.5) is 0 Å². The molecular weight excluding hydrogens is 456 g/mol. The maximum Gasteiger partial charge on any atom is 0.286 e. The summed E-state index contributed by atoms with van der Waals surface area (Å²) in [6, 6.07) is 5.59. The molecule has 2 amide bonds. The van der Waals surface area contributed by atoms with Crippen LogP contribution < -0.4 is 0 Å². The number of nitroso groups, excluding NO2 is 1. The van der Waals surface area contributed by atoms with Gasteiger partial charge in [0.25, 0.3) is 11.8 Å². The van der Waals surface area contributed by atoms with E-state index >= 15 is 0 Å². The standard InChI is InChI=1S/C24H34N4O5S/c1-5-8-18(6-2)27-14-12-22-20(16-27)19-15-17(10-11-21(19)28(22)34(4,32)33)24(30)26(3)13-7-9-23(29)25-31/h10-11,15,18H,5-9,12-14,16H2,1-4H3. The SMILES string of the molecule is CCCC(CC)N1CCc2c(c3cc(C(=O)N(C)CCCC(=O)N=O)ccc3n2S(C)(=O)=O)C1. The van der Waals surface area contributed by atoms with Crippen LogP contribution in [0, 0.1) is 4.91 Å². The van der Waals surface area contributed by atoms with Crippen molar-refractivity contribution in [3.63, 3.8) is 0 Å². The van der Waals surface area contributed by atoms with Gasteiger partial charge in [0.05, 0.1) is 11.8 Å². The normalized spacial score (nSPS) is 15.2. The summed E-state index contributed by atoms with van der Waals surface area (Å²) >= 11 is 0. The number of carbonyl (C=O) groups is 2. The molecule has 1 unspecified atom stereocenters. The highest BCUT2D eigenvalue weighted by molar-refractivity contribution is 7.89. The van der Waals surface area contributed by atoms with Crippen LogP contribution in [0.2, 0.25) is 0 Å². The number of rotatable bonds is 10. The van der Waals surface area contributed by atoms with Crippen molar-refractivity contribution in [2.24, 2.45) is 5.18 Å². The van der Waals surface area contributed by atoms with E-state index in [2.05, 4.69) is 23.9 Å². The molecule has 10 heteroatoms. The lowest BCUT2D eigenvalue weighted by molar-refractivity contribution is -0.118. The van der Waals surface area contributed by atoms with Crippen molar-refractivity contribution >= 4 is 32.7 Å². The Bertz CT molecular complexity index is 1190. The Labute approximate surface area is 201 Å². The van der Waals surface area contributed by atoms with Crippen LogP contribution >= 0.6 is 0 Å². The van der Waals surface area contributed by atoms with Gasteiger partial charge in [-0.1, -0.05) is 20.3 Å². The minimum atomic E-state index is -3.52. The van der Waals surface area contributed by atoms with Crippen LogP contribution in [-0.4, -0.2) is 66.4 Å². The van der Waals surface area contributed by atoms with Gasteiger partial charge in [-0.05, 0) is 43.0 Å². The molecule has 1 aliphatic heterocycles. The summed E-state index contributed by atoms with van der Waals surface area (Å²) in [6.07, 6.45) is 5.41. The van der Waals surface area contributed by atoms with Crippen molar-refractivity contribution in [2.45, 2.75) is 65.0 Å². The summed E-state index contributed by atoms with van der Waals surface area (Å²) in [5.41, 5.74) is 2.83. The van der Waals surface area contributed by atoms with E-state index in [1.54, 1.807) is 25.2 Å². The van der Waals surface area contributed by atoms with Gasteiger partial charge >= 0.3 is 0 Å². The number of aromatic nitrogens is 1. The van der Waals surface area contributed by atoms with Gasteiger partial charge in [-0.15, -0.1) is 4.91 Å². The Morgan fingerprint density at radius 2 is 1.97 bits per heavy atom. The molecule has 3 rings (SSSR count). The topological polar surface area (TPSA) is 109 Å². The van der Waals surface area contributed by atoms with Gasteiger partial charge in [-0.2, -0.15) is 0 Å². The summed E-state index contributed by atoms with van der Waals surface area (Å²) in [6.45, 7) is 6.12. The third-order valence-corrected chi connectivity index (χ3v) is 7.73. The molecule has 34 heavy (non-hydrogen) atoms. The van der Waals surface area contributed by atoms with Gasteiger partial charge in [0.2, 0.25) is 10.0 Å². The molecule has 0 saturated heterocycles. The lowest BCUT2D eigenvalue weighted by Crippen LogP contribution is -2.39. The predicted octanol–water partition coefficient (Wildman–Crippen LogP) is 3.53. The van der Waals surface area contributed by atoms with Crippen molar-refractivity contribution in [1.29, 1.82) is 0 Å². The number of amides is 2. The average Bonchev–Trinajstić information content (AvgIpc) is 3.15. The third kappa shape index (κ3) is 5.38. The van der Waals surface area contributed by atoms with Crippen LogP contribution in [0.15, 0.2) is 23.4 Å². The summed E-state index contributed by atoms with van der Waals surface area (Å²) in [5, 5.41) is 3.16. The average molecular weight is 491 g/mol. The number of benzene rings is 1. The van der Waals surface area contributed by atoms with Gasteiger partial charge in [0, 0.05) is 67.4 Å². The predicted molar refractivity (Wildman–Crippen MR) is 132 cm³/mol. The summed E-state index contributed by atoms with van der Waals surface area (Å²) < 4.78 is 26.8. The fourth-order valence-electron chi connectivity index (χ4n) is 4.98. The molecule has 186 valence electrons. The Kier molecular flexibility index (Phi) is 8.25. The molecule has 2 heterocycles. The Morgan fingerprint density at radius 3 is 2.59 bits per heavy atom. The molecule has 1 aliphatic rings. The maximum atomic E-state index is 13.0. The van der Waals surface area contributed by atoms with Crippen LogP contribution in [0.5, 0.6) is 0 Å². The Balaban J connectivity index is 1.97. The van der Waals surface area contributed by atoms with E-state index in [0.29, 0.717) is 43.1 Å². The first-order chi connectivity index (χ1) is 16.1. The lowest BCUT2D eigenvalue weighted by atomic mass is 9.99. The van der Waals surface area contributed by atoms with Crippen LogP contribution in [0.1, 0.15) is 67.6 Å². The number of hydrogen-bond acceptors (Lipinski definition) is 6. The van der Waals surface area contributed by atoms with E-state index in [1.165, 1.54) is 15.1 Å². The minimum Gasteiger partial charge on any atom is -0.342 e. The zero-order valence-electron chi connectivity index (χ0n) is 20.4. The van der Waals surface area contributed by atoms with Crippen LogP contribution in [0.25, 0.3) is 10.9 Å². The fourth-order valence-corrected chi connectivity index (χ4v) is 6.09. The van der Waals surface area contributed by atoms with E-state index in [0.717, 1.165) is 42.5 Å². The van der Waals surface area contributed by atoms with Gasteiger partial charge in [-0.3, -0.25) is 14.5 Å². The van der Waals surface area contributed by atoms with Gasteiger partial charge < -0.3 is 4.90 Å². The van der Waals surface area contributed by atoms with Gasteiger partial charge in [0.15, 0.2) is 0 Å². The second kappa shape index (κ2) is 10.8. The molecule has 0 fully saturated rings. The van der Waals surface area contributed by atoms with Crippen LogP contribution in [-0.2, 0) is 27.8 Å². The van der Waals surface area contributed by atoms with Gasteiger partial charge in [-0.25, -0.2) is 12.4 Å². The largest absolute Gasteiger partial charge is 0.342 e.